The first kappa shape index (κ1) is 16.7. The van der Waals surface area contributed by atoms with E-state index in [2.05, 4.69) is 48.0 Å². The summed E-state index contributed by atoms with van der Waals surface area (Å²) in [6.45, 7) is 8.64. The molecule has 1 heterocycles. The Morgan fingerprint density at radius 1 is 1.30 bits per heavy atom. The molecule has 20 heavy (non-hydrogen) atoms. The lowest BCUT2D eigenvalue weighted by Crippen LogP contribution is -2.27. The third-order valence-corrected chi connectivity index (χ3v) is 3.59. The van der Waals surface area contributed by atoms with Crippen molar-refractivity contribution >= 4 is 11.6 Å². The molecule has 0 unspecified atom stereocenters. The highest BCUT2D eigenvalue weighted by Crippen LogP contribution is 2.18. The zero-order valence-electron chi connectivity index (χ0n) is 13.3. The summed E-state index contributed by atoms with van der Waals surface area (Å²) in [6.07, 6.45) is 5.82. The minimum Gasteiger partial charge on any atom is -0.383 e. The van der Waals surface area contributed by atoms with E-state index >= 15 is 0 Å². The molecule has 5 nitrogen and oxygen atoms in total. The van der Waals surface area contributed by atoms with Crippen molar-refractivity contribution in [2.45, 2.75) is 52.5 Å². The van der Waals surface area contributed by atoms with Gasteiger partial charge < -0.3 is 16.0 Å². The first-order chi connectivity index (χ1) is 9.56. The fourth-order valence-electron chi connectivity index (χ4n) is 2.03. The van der Waals surface area contributed by atoms with Gasteiger partial charge in [0.2, 0.25) is 0 Å². The van der Waals surface area contributed by atoms with E-state index in [1.54, 1.807) is 0 Å². The number of nitrogens with zero attached hydrogens (tertiary/aromatic N) is 3. The number of rotatable bonds is 9. The minimum atomic E-state index is 0.601. The van der Waals surface area contributed by atoms with E-state index in [0.717, 1.165) is 43.7 Å². The van der Waals surface area contributed by atoms with Gasteiger partial charge in [0.15, 0.2) is 0 Å². The van der Waals surface area contributed by atoms with Gasteiger partial charge >= 0.3 is 0 Å². The van der Waals surface area contributed by atoms with E-state index in [1.165, 1.54) is 12.7 Å². The third kappa shape index (κ3) is 5.33. The molecular formula is C15H29N5. The summed E-state index contributed by atoms with van der Waals surface area (Å²) in [6, 6.07) is 0.612. The summed E-state index contributed by atoms with van der Waals surface area (Å²) in [5.74, 6) is 1.50. The summed E-state index contributed by atoms with van der Waals surface area (Å²) in [5, 5.41) is 3.39. The van der Waals surface area contributed by atoms with Gasteiger partial charge in [0.05, 0.1) is 0 Å². The number of hydrogen-bond donors (Lipinski definition) is 2. The van der Waals surface area contributed by atoms with Crippen LogP contribution in [0.5, 0.6) is 0 Å². The summed E-state index contributed by atoms with van der Waals surface area (Å²) >= 11 is 0. The van der Waals surface area contributed by atoms with Crippen LogP contribution in [0.2, 0.25) is 0 Å². The second-order valence-electron chi connectivity index (χ2n) is 5.54. The van der Waals surface area contributed by atoms with Crippen molar-refractivity contribution in [2.24, 2.45) is 0 Å². The van der Waals surface area contributed by atoms with Crippen molar-refractivity contribution in [2.75, 3.05) is 31.2 Å². The average molecular weight is 279 g/mol. The molecule has 114 valence electrons. The van der Waals surface area contributed by atoms with Crippen LogP contribution < -0.4 is 11.1 Å². The second-order valence-corrected chi connectivity index (χ2v) is 5.54. The quantitative estimate of drug-likeness (QED) is 0.680. The number of hydrogen-bond acceptors (Lipinski definition) is 5. The van der Waals surface area contributed by atoms with Crippen LogP contribution in [0.1, 0.15) is 45.6 Å². The van der Waals surface area contributed by atoms with E-state index in [-0.39, 0.29) is 0 Å². The molecule has 0 saturated heterocycles. The minimum absolute atomic E-state index is 0.601. The highest BCUT2D eigenvalue weighted by Gasteiger charge is 2.07. The smallest absolute Gasteiger partial charge is 0.134 e. The van der Waals surface area contributed by atoms with Gasteiger partial charge in [-0.1, -0.05) is 13.3 Å². The molecule has 0 aliphatic rings. The molecule has 3 N–H and O–H groups in total. The highest BCUT2D eigenvalue weighted by molar-refractivity contribution is 5.54. The predicted molar refractivity (Wildman–Crippen MR) is 85.9 cm³/mol. The van der Waals surface area contributed by atoms with Crippen LogP contribution in [0.3, 0.4) is 0 Å². The molecule has 0 aromatic carbocycles. The average Bonchev–Trinajstić information content (AvgIpc) is 2.41. The third-order valence-electron chi connectivity index (χ3n) is 3.59. The molecular weight excluding hydrogens is 250 g/mol. The Labute approximate surface area is 123 Å². The normalized spacial score (nSPS) is 11.3. The van der Waals surface area contributed by atoms with Gasteiger partial charge in [0, 0.05) is 18.2 Å². The number of nitrogens with two attached hydrogens (primary N) is 1. The Morgan fingerprint density at radius 3 is 2.70 bits per heavy atom. The Bertz CT molecular complexity index is 392. The SMILES string of the molecule is CCCc1c(N)ncnc1NCCCCN(C)C(C)C. The van der Waals surface area contributed by atoms with Crippen molar-refractivity contribution < 1.29 is 0 Å². The fraction of sp³-hybridized carbons (Fsp3) is 0.733. The van der Waals surface area contributed by atoms with E-state index in [1.807, 2.05) is 0 Å². The lowest BCUT2D eigenvalue weighted by atomic mass is 10.1. The lowest BCUT2D eigenvalue weighted by molar-refractivity contribution is 0.269. The Kier molecular flexibility index (Phi) is 7.30. The van der Waals surface area contributed by atoms with Gasteiger partial charge in [-0.3, -0.25) is 0 Å². The van der Waals surface area contributed by atoms with E-state index in [9.17, 15) is 0 Å². The van der Waals surface area contributed by atoms with Crippen LogP contribution in [-0.4, -0.2) is 41.0 Å². The molecule has 0 aliphatic carbocycles. The first-order valence-corrected chi connectivity index (χ1v) is 7.59. The van der Waals surface area contributed by atoms with Crippen molar-refractivity contribution in [1.82, 2.24) is 14.9 Å². The van der Waals surface area contributed by atoms with Gasteiger partial charge in [0.1, 0.15) is 18.0 Å². The number of unbranched alkanes of at least 4 members (excludes halogenated alkanes) is 1. The van der Waals surface area contributed by atoms with Crippen LogP contribution in [-0.2, 0) is 6.42 Å². The summed E-state index contributed by atoms with van der Waals surface area (Å²) < 4.78 is 0. The van der Waals surface area contributed by atoms with Crippen molar-refractivity contribution in [1.29, 1.82) is 0 Å². The van der Waals surface area contributed by atoms with Gasteiger partial charge in [-0.25, -0.2) is 9.97 Å². The highest BCUT2D eigenvalue weighted by atomic mass is 15.1. The molecule has 0 atom stereocenters. The second kappa shape index (κ2) is 8.74. The lowest BCUT2D eigenvalue weighted by Gasteiger charge is -2.20. The molecule has 0 amide bonds. The van der Waals surface area contributed by atoms with Crippen molar-refractivity contribution in [3.8, 4) is 0 Å². The molecule has 0 fully saturated rings. The Hall–Kier alpha value is -1.36. The number of anilines is 2. The van der Waals surface area contributed by atoms with Crippen LogP contribution >= 0.6 is 0 Å². The largest absolute Gasteiger partial charge is 0.383 e. The van der Waals surface area contributed by atoms with Crippen LogP contribution in [0, 0.1) is 0 Å². The summed E-state index contributed by atoms with van der Waals surface area (Å²) in [4.78, 5) is 10.7. The molecule has 5 heteroatoms. The van der Waals surface area contributed by atoms with Gasteiger partial charge in [-0.15, -0.1) is 0 Å². The number of aromatic nitrogens is 2. The molecule has 0 saturated carbocycles. The van der Waals surface area contributed by atoms with Gasteiger partial charge in [-0.2, -0.15) is 0 Å². The standard InChI is InChI=1S/C15H29N5/c1-5-8-13-14(16)18-11-19-15(13)17-9-6-7-10-20(4)12(2)3/h11-12H,5-10H2,1-4H3,(H3,16,17,18,19). The maximum atomic E-state index is 5.91. The zero-order chi connectivity index (χ0) is 15.0. The van der Waals surface area contributed by atoms with Crippen molar-refractivity contribution in [3.05, 3.63) is 11.9 Å². The molecule has 1 aromatic heterocycles. The zero-order valence-corrected chi connectivity index (χ0v) is 13.3. The Balaban J connectivity index is 2.37. The molecule has 1 rings (SSSR count). The molecule has 0 bridgehead atoms. The van der Waals surface area contributed by atoms with E-state index < -0.39 is 0 Å². The monoisotopic (exact) mass is 279 g/mol. The molecule has 0 spiro atoms. The predicted octanol–water partition coefficient (Wildman–Crippen LogP) is 2.54. The maximum absolute atomic E-state index is 5.91. The number of nitrogen functional groups attached to an aromatic ring is 1. The van der Waals surface area contributed by atoms with Crippen molar-refractivity contribution in [3.63, 3.8) is 0 Å². The topological polar surface area (TPSA) is 67.1 Å². The fourth-order valence-corrected chi connectivity index (χ4v) is 2.03. The van der Waals surface area contributed by atoms with Crippen LogP contribution in [0.25, 0.3) is 0 Å². The Morgan fingerprint density at radius 2 is 2.05 bits per heavy atom. The summed E-state index contributed by atoms with van der Waals surface area (Å²) in [7, 11) is 2.17. The van der Waals surface area contributed by atoms with E-state index in [0.29, 0.717) is 11.9 Å². The van der Waals surface area contributed by atoms with Gasteiger partial charge in [0.25, 0.3) is 0 Å². The van der Waals surface area contributed by atoms with E-state index in [4.69, 9.17) is 5.73 Å². The van der Waals surface area contributed by atoms with Crippen LogP contribution in [0.4, 0.5) is 11.6 Å². The molecule has 0 aliphatic heterocycles. The first-order valence-electron chi connectivity index (χ1n) is 7.59. The molecule has 1 aromatic rings. The summed E-state index contributed by atoms with van der Waals surface area (Å²) in [5.41, 5.74) is 6.96. The maximum Gasteiger partial charge on any atom is 0.134 e. The number of nitrogens with one attached hydrogen (secondary N) is 1. The van der Waals surface area contributed by atoms with Gasteiger partial charge in [-0.05, 0) is 46.7 Å². The van der Waals surface area contributed by atoms with Crippen LogP contribution in [0.15, 0.2) is 6.33 Å². The molecule has 0 radical (unpaired) electrons.